The first-order valence-electron chi connectivity index (χ1n) is 5.91. The number of nitrogens with one attached hydrogen (secondary N) is 1. The van der Waals surface area contributed by atoms with Crippen molar-refractivity contribution in [2.24, 2.45) is 0 Å². The van der Waals surface area contributed by atoms with Gasteiger partial charge in [-0.2, -0.15) is 0 Å². The fraction of sp³-hybridized carbons (Fsp3) is 0.385. The predicted octanol–water partition coefficient (Wildman–Crippen LogP) is 1.33. The number of ether oxygens (including phenoxy) is 1. The molecule has 1 aromatic carbocycles. The molecule has 0 heterocycles. The number of carbonyl (C=O) groups is 2. The van der Waals surface area contributed by atoms with E-state index in [4.69, 9.17) is 9.84 Å². The minimum atomic E-state index is -1.16. The van der Waals surface area contributed by atoms with Crippen LogP contribution in [0.4, 0.5) is 4.39 Å². The van der Waals surface area contributed by atoms with Crippen molar-refractivity contribution in [1.29, 1.82) is 0 Å². The Kier molecular flexibility index (Phi) is 3.42. The van der Waals surface area contributed by atoms with Gasteiger partial charge >= 0.3 is 5.97 Å². The molecule has 0 spiro atoms. The molecule has 0 radical (unpaired) electrons. The highest BCUT2D eigenvalue weighted by molar-refractivity contribution is 5.91. The van der Waals surface area contributed by atoms with Crippen LogP contribution >= 0.6 is 0 Å². The number of carboxylic acid groups (broad SMARTS) is 1. The summed E-state index contributed by atoms with van der Waals surface area (Å²) in [7, 11) is 0. The van der Waals surface area contributed by atoms with Gasteiger partial charge in [0.05, 0.1) is 0 Å². The van der Waals surface area contributed by atoms with E-state index in [0.717, 1.165) is 0 Å². The molecule has 1 aliphatic carbocycles. The topological polar surface area (TPSA) is 75.6 Å². The molecule has 1 atom stereocenters. The number of hydrogen-bond acceptors (Lipinski definition) is 3. The lowest BCUT2D eigenvalue weighted by molar-refractivity contribution is -0.144. The molecule has 6 heteroatoms. The van der Waals surface area contributed by atoms with Crippen LogP contribution in [0.3, 0.4) is 0 Å². The first-order chi connectivity index (χ1) is 8.94. The zero-order valence-corrected chi connectivity index (χ0v) is 10.4. The predicted molar refractivity (Wildman–Crippen MR) is 64.2 cm³/mol. The number of halogens is 1. The zero-order valence-electron chi connectivity index (χ0n) is 10.4. The average molecular weight is 267 g/mol. The summed E-state index contributed by atoms with van der Waals surface area (Å²) in [6.07, 6.45) is -0.158. The molecule has 1 unspecified atom stereocenters. The van der Waals surface area contributed by atoms with E-state index in [0.29, 0.717) is 12.8 Å². The van der Waals surface area contributed by atoms with E-state index in [1.54, 1.807) is 6.07 Å². The molecule has 0 aromatic heterocycles. The maximum atomic E-state index is 13.3. The van der Waals surface area contributed by atoms with E-state index in [2.05, 4.69) is 5.32 Å². The summed E-state index contributed by atoms with van der Waals surface area (Å²) < 4.78 is 18.5. The maximum Gasteiger partial charge on any atom is 0.329 e. The van der Waals surface area contributed by atoms with Gasteiger partial charge in [0.25, 0.3) is 5.91 Å². The fourth-order valence-corrected chi connectivity index (χ4v) is 1.64. The van der Waals surface area contributed by atoms with Crippen molar-refractivity contribution in [2.75, 3.05) is 0 Å². The second-order valence-electron chi connectivity index (χ2n) is 4.57. The number of carbonyl (C=O) groups excluding carboxylic acids is 1. The molecule has 1 aromatic rings. The van der Waals surface area contributed by atoms with Crippen LogP contribution in [0.15, 0.2) is 24.3 Å². The molecular formula is C13H14FNO4. The molecule has 1 aliphatic rings. The van der Waals surface area contributed by atoms with Gasteiger partial charge in [0.1, 0.15) is 5.54 Å². The fourth-order valence-electron chi connectivity index (χ4n) is 1.64. The summed E-state index contributed by atoms with van der Waals surface area (Å²) in [5, 5.41) is 11.4. The summed E-state index contributed by atoms with van der Waals surface area (Å²) in [5.41, 5.74) is -1.16. The van der Waals surface area contributed by atoms with E-state index in [1.807, 2.05) is 0 Å². The lowest BCUT2D eigenvalue weighted by atomic mass is 10.2. The Balaban J connectivity index is 1.97. The lowest BCUT2D eigenvalue weighted by Gasteiger charge is -2.18. The number of carboxylic acids is 1. The van der Waals surface area contributed by atoms with Crippen molar-refractivity contribution in [3.63, 3.8) is 0 Å². The van der Waals surface area contributed by atoms with Crippen molar-refractivity contribution >= 4 is 11.9 Å². The summed E-state index contributed by atoms with van der Waals surface area (Å²) in [5.74, 6) is -2.23. The smallest absolute Gasteiger partial charge is 0.329 e. The minimum absolute atomic E-state index is 0.0367. The van der Waals surface area contributed by atoms with Crippen LogP contribution in [-0.2, 0) is 9.59 Å². The van der Waals surface area contributed by atoms with Crippen LogP contribution in [0.2, 0.25) is 0 Å². The van der Waals surface area contributed by atoms with E-state index in [9.17, 15) is 14.0 Å². The van der Waals surface area contributed by atoms with Crippen molar-refractivity contribution in [2.45, 2.75) is 31.4 Å². The molecule has 0 saturated heterocycles. The zero-order chi connectivity index (χ0) is 14.0. The highest BCUT2D eigenvalue weighted by Crippen LogP contribution is 2.35. The summed E-state index contributed by atoms with van der Waals surface area (Å²) in [6.45, 7) is 1.44. The monoisotopic (exact) mass is 267 g/mol. The molecule has 1 saturated carbocycles. The number of amides is 1. The molecule has 19 heavy (non-hydrogen) atoms. The summed E-state index contributed by atoms with van der Waals surface area (Å²) in [4.78, 5) is 22.7. The SMILES string of the molecule is CC(Oc1ccccc1F)C(=O)NC1(C(=O)O)CC1. The van der Waals surface area contributed by atoms with Gasteiger partial charge in [-0.25, -0.2) is 9.18 Å². The maximum absolute atomic E-state index is 13.3. The largest absolute Gasteiger partial charge is 0.480 e. The minimum Gasteiger partial charge on any atom is -0.480 e. The van der Waals surface area contributed by atoms with Crippen LogP contribution in [0, 0.1) is 5.82 Å². The average Bonchev–Trinajstić information content (AvgIpc) is 3.13. The lowest BCUT2D eigenvalue weighted by Crippen LogP contribution is -2.48. The van der Waals surface area contributed by atoms with E-state index in [1.165, 1.54) is 25.1 Å². The third-order valence-corrected chi connectivity index (χ3v) is 3.03. The number of hydrogen-bond donors (Lipinski definition) is 2. The van der Waals surface area contributed by atoms with Crippen molar-refractivity contribution in [3.8, 4) is 5.75 Å². The Morgan fingerprint density at radius 2 is 2.05 bits per heavy atom. The second kappa shape index (κ2) is 4.87. The van der Waals surface area contributed by atoms with Gasteiger partial charge < -0.3 is 15.2 Å². The van der Waals surface area contributed by atoms with Crippen molar-refractivity contribution in [1.82, 2.24) is 5.32 Å². The van der Waals surface area contributed by atoms with Crippen molar-refractivity contribution < 1.29 is 23.8 Å². The number of benzene rings is 1. The van der Waals surface area contributed by atoms with Crippen LogP contribution in [0.1, 0.15) is 19.8 Å². The van der Waals surface area contributed by atoms with E-state index >= 15 is 0 Å². The van der Waals surface area contributed by atoms with Gasteiger partial charge in [0.15, 0.2) is 17.7 Å². The molecule has 2 N–H and O–H groups in total. The molecular weight excluding hydrogens is 253 g/mol. The van der Waals surface area contributed by atoms with E-state index < -0.39 is 29.3 Å². The molecule has 2 rings (SSSR count). The van der Waals surface area contributed by atoms with Crippen LogP contribution in [0.5, 0.6) is 5.75 Å². The van der Waals surface area contributed by atoms with Crippen LogP contribution in [-0.4, -0.2) is 28.6 Å². The second-order valence-corrected chi connectivity index (χ2v) is 4.57. The third kappa shape index (κ3) is 2.83. The molecule has 0 aliphatic heterocycles. The van der Waals surface area contributed by atoms with Crippen LogP contribution in [0.25, 0.3) is 0 Å². The van der Waals surface area contributed by atoms with Gasteiger partial charge in [-0.1, -0.05) is 12.1 Å². The van der Waals surface area contributed by atoms with Gasteiger partial charge in [0.2, 0.25) is 0 Å². The first-order valence-corrected chi connectivity index (χ1v) is 5.91. The Morgan fingerprint density at radius 3 is 2.58 bits per heavy atom. The Labute approximate surface area is 109 Å². The van der Waals surface area contributed by atoms with E-state index in [-0.39, 0.29) is 5.75 Å². The number of rotatable bonds is 5. The third-order valence-electron chi connectivity index (χ3n) is 3.03. The highest BCUT2D eigenvalue weighted by atomic mass is 19.1. The molecule has 1 fully saturated rings. The van der Waals surface area contributed by atoms with Gasteiger partial charge in [-0.15, -0.1) is 0 Å². The molecule has 102 valence electrons. The quantitative estimate of drug-likeness (QED) is 0.843. The normalized spacial score (nSPS) is 17.4. The molecule has 0 bridgehead atoms. The van der Waals surface area contributed by atoms with Crippen LogP contribution < -0.4 is 10.1 Å². The van der Waals surface area contributed by atoms with Gasteiger partial charge in [0, 0.05) is 0 Å². The van der Waals surface area contributed by atoms with Crippen molar-refractivity contribution in [3.05, 3.63) is 30.1 Å². The Morgan fingerprint density at radius 1 is 1.42 bits per heavy atom. The number of para-hydroxylation sites is 1. The standard InChI is InChI=1S/C13H14FNO4/c1-8(19-10-5-3-2-4-9(10)14)11(16)15-13(6-7-13)12(17)18/h2-5,8H,6-7H2,1H3,(H,15,16)(H,17,18). The highest BCUT2D eigenvalue weighted by Gasteiger charge is 2.52. The summed E-state index contributed by atoms with van der Waals surface area (Å²) >= 11 is 0. The Hall–Kier alpha value is -2.11. The molecule has 1 amide bonds. The molecule has 5 nitrogen and oxygen atoms in total. The van der Waals surface area contributed by atoms with Gasteiger partial charge in [-0.05, 0) is 31.9 Å². The first kappa shape index (κ1) is 13.3. The van der Waals surface area contributed by atoms with Gasteiger partial charge in [-0.3, -0.25) is 4.79 Å². The number of aliphatic carboxylic acids is 1. The Bertz CT molecular complexity index is 513. The summed E-state index contributed by atoms with van der Waals surface area (Å²) in [6, 6.07) is 5.72.